The molecule has 1 amide bonds. The molecular weight excluding hydrogens is 182 g/mol. The molecule has 0 fully saturated rings. The maximum Gasteiger partial charge on any atom is 0.273 e. The molecule has 0 spiro atoms. The highest BCUT2D eigenvalue weighted by atomic mass is 16.5. The van der Waals surface area contributed by atoms with Crippen LogP contribution < -0.4 is 11.1 Å². The predicted molar refractivity (Wildman–Crippen MR) is 51.8 cm³/mol. The molecule has 1 aromatic heterocycles. The van der Waals surface area contributed by atoms with E-state index in [4.69, 9.17) is 10.3 Å². The first kappa shape index (κ1) is 10.7. The fraction of sp³-hybridized carbons (Fsp3) is 0.556. The van der Waals surface area contributed by atoms with E-state index in [1.165, 1.54) is 0 Å². The van der Waals surface area contributed by atoms with E-state index in [1.54, 1.807) is 13.0 Å². The van der Waals surface area contributed by atoms with E-state index in [1.807, 2.05) is 6.92 Å². The third kappa shape index (κ3) is 2.85. The molecule has 1 atom stereocenters. The number of nitrogens with two attached hydrogens (primary N) is 1. The van der Waals surface area contributed by atoms with Crippen LogP contribution in [0, 0.1) is 12.8 Å². The Kier molecular flexibility index (Phi) is 3.64. The van der Waals surface area contributed by atoms with E-state index >= 15 is 0 Å². The SMILES string of the molecule is Cc1cc(C(=O)NCC(C)CN)no1. The Morgan fingerprint density at radius 3 is 3.00 bits per heavy atom. The van der Waals surface area contributed by atoms with Crippen LogP contribution >= 0.6 is 0 Å². The zero-order valence-corrected chi connectivity index (χ0v) is 8.41. The predicted octanol–water partition coefficient (Wildman–Crippen LogP) is 0.308. The first-order chi connectivity index (χ1) is 6.63. The van der Waals surface area contributed by atoms with E-state index < -0.39 is 0 Å². The molecule has 5 heteroatoms. The lowest BCUT2D eigenvalue weighted by Gasteiger charge is -2.08. The Labute approximate surface area is 82.6 Å². The van der Waals surface area contributed by atoms with Gasteiger partial charge in [0.25, 0.3) is 5.91 Å². The third-order valence-corrected chi connectivity index (χ3v) is 1.87. The van der Waals surface area contributed by atoms with E-state index in [0.717, 1.165) is 0 Å². The molecule has 78 valence electrons. The average molecular weight is 197 g/mol. The zero-order chi connectivity index (χ0) is 10.6. The molecule has 3 N–H and O–H groups in total. The van der Waals surface area contributed by atoms with Crippen LogP contribution in [0.3, 0.4) is 0 Å². The molecule has 14 heavy (non-hydrogen) atoms. The lowest BCUT2D eigenvalue weighted by Crippen LogP contribution is -2.31. The fourth-order valence-electron chi connectivity index (χ4n) is 0.914. The molecular formula is C9H15N3O2. The minimum Gasteiger partial charge on any atom is -0.361 e. The summed E-state index contributed by atoms with van der Waals surface area (Å²) >= 11 is 0. The van der Waals surface area contributed by atoms with Crippen LogP contribution in [0.4, 0.5) is 0 Å². The number of hydrogen-bond acceptors (Lipinski definition) is 4. The summed E-state index contributed by atoms with van der Waals surface area (Å²) in [4.78, 5) is 11.4. The fourth-order valence-corrected chi connectivity index (χ4v) is 0.914. The van der Waals surface area contributed by atoms with Crippen LogP contribution in [0.15, 0.2) is 10.6 Å². The molecule has 0 aliphatic rings. The van der Waals surface area contributed by atoms with Crippen molar-refractivity contribution in [3.05, 3.63) is 17.5 Å². The Morgan fingerprint density at radius 1 is 1.79 bits per heavy atom. The van der Waals surface area contributed by atoms with Crippen LogP contribution in [0.5, 0.6) is 0 Å². The van der Waals surface area contributed by atoms with Crippen molar-refractivity contribution >= 4 is 5.91 Å². The second-order valence-electron chi connectivity index (χ2n) is 3.37. The molecule has 0 radical (unpaired) electrons. The highest BCUT2D eigenvalue weighted by molar-refractivity contribution is 5.92. The molecule has 5 nitrogen and oxygen atoms in total. The van der Waals surface area contributed by atoms with Gasteiger partial charge in [-0.1, -0.05) is 12.1 Å². The van der Waals surface area contributed by atoms with Crippen LogP contribution in [-0.2, 0) is 0 Å². The maximum absolute atomic E-state index is 11.4. The summed E-state index contributed by atoms with van der Waals surface area (Å²) in [6.07, 6.45) is 0. The average Bonchev–Trinajstić information content (AvgIpc) is 2.60. The van der Waals surface area contributed by atoms with Gasteiger partial charge in [-0.2, -0.15) is 0 Å². The Bertz CT molecular complexity index is 309. The molecule has 1 rings (SSSR count). The van der Waals surface area contributed by atoms with E-state index in [9.17, 15) is 4.79 Å². The molecule has 1 aromatic rings. The first-order valence-corrected chi connectivity index (χ1v) is 4.55. The van der Waals surface area contributed by atoms with Gasteiger partial charge in [0.2, 0.25) is 0 Å². The summed E-state index contributed by atoms with van der Waals surface area (Å²) in [6.45, 7) is 4.82. The molecule has 0 aliphatic carbocycles. The molecule has 1 heterocycles. The number of carbonyl (C=O) groups excluding carboxylic acids is 1. The Morgan fingerprint density at radius 2 is 2.50 bits per heavy atom. The van der Waals surface area contributed by atoms with Gasteiger partial charge in [0.1, 0.15) is 5.76 Å². The van der Waals surface area contributed by atoms with Crippen molar-refractivity contribution in [3.63, 3.8) is 0 Å². The molecule has 0 bridgehead atoms. The van der Waals surface area contributed by atoms with Crippen molar-refractivity contribution in [2.75, 3.05) is 13.1 Å². The van der Waals surface area contributed by atoms with Gasteiger partial charge in [-0.05, 0) is 19.4 Å². The number of carbonyl (C=O) groups is 1. The molecule has 0 aliphatic heterocycles. The Hall–Kier alpha value is -1.36. The standard InChI is InChI=1S/C9H15N3O2/c1-6(4-10)5-11-9(13)8-3-7(2)14-12-8/h3,6H,4-5,10H2,1-2H3,(H,11,13). The topological polar surface area (TPSA) is 81.2 Å². The largest absolute Gasteiger partial charge is 0.361 e. The lowest BCUT2D eigenvalue weighted by atomic mass is 10.2. The van der Waals surface area contributed by atoms with Gasteiger partial charge in [0, 0.05) is 12.6 Å². The smallest absolute Gasteiger partial charge is 0.273 e. The second-order valence-corrected chi connectivity index (χ2v) is 3.37. The summed E-state index contributed by atoms with van der Waals surface area (Å²) in [6, 6.07) is 1.60. The highest BCUT2D eigenvalue weighted by Crippen LogP contribution is 2.01. The van der Waals surface area contributed by atoms with Gasteiger partial charge in [-0.3, -0.25) is 4.79 Å². The van der Waals surface area contributed by atoms with Crippen LogP contribution in [0.25, 0.3) is 0 Å². The summed E-state index contributed by atoms with van der Waals surface area (Å²) in [7, 11) is 0. The van der Waals surface area contributed by atoms with Crippen molar-refractivity contribution in [3.8, 4) is 0 Å². The monoisotopic (exact) mass is 197 g/mol. The van der Waals surface area contributed by atoms with E-state index in [-0.39, 0.29) is 11.8 Å². The van der Waals surface area contributed by atoms with Crippen molar-refractivity contribution in [2.45, 2.75) is 13.8 Å². The van der Waals surface area contributed by atoms with Crippen LogP contribution in [-0.4, -0.2) is 24.2 Å². The number of amides is 1. The van der Waals surface area contributed by atoms with Gasteiger partial charge in [-0.15, -0.1) is 0 Å². The molecule has 0 saturated heterocycles. The minimum atomic E-state index is -0.220. The van der Waals surface area contributed by atoms with Crippen LogP contribution in [0.1, 0.15) is 23.2 Å². The van der Waals surface area contributed by atoms with Crippen molar-refractivity contribution < 1.29 is 9.32 Å². The summed E-state index contributed by atoms with van der Waals surface area (Å²) in [5, 5.41) is 6.32. The van der Waals surface area contributed by atoms with Crippen molar-refractivity contribution in [2.24, 2.45) is 11.7 Å². The number of hydrogen-bond donors (Lipinski definition) is 2. The number of nitrogens with one attached hydrogen (secondary N) is 1. The highest BCUT2D eigenvalue weighted by Gasteiger charge is 2.10. The van der Waals surface area contributed by atoms with Crippen LogP contribution in [0.2, 0.25) is 0 Å². The van der Waals surface area contributed by atoms with E-state index in [2.05, 4.69) is 10.5 Å². The molecule has 0 aromatic carbocycles. The normalized spacial score (nSPS) is 12.5. The van der Waals surface area contributed by atoms with Gasteiger partial charge in [0.15, 0.2) is 5.69 Å². The zero-order valence-electron chi connectivity index (χ0n) is 8.41. The van der Waals surface area contributed by atoms with Crippen molar-refractivity contribution in [1.82, 2.24) is 10.5 Å². The summed E-state index contributed by atoms with van der Waals surface area (Å²) in [5.74, 6) is 0.677. The van der Waals surface area contributed by atoms with Gasteiger partial charge in [0.05, 0.1) is 0 Å². The third-order valence-electron chi connectivity index (χ3n) is 1.87. The lowest BCUT2D eigenvalue weighted by molar-refractivity contribution is 0.0939. The number of aryl methyl sites for hydroxylation is 1. The number of nitrogens with zero attached hydrogens (tertiary/aromatic N) is 1. The minimum absolute atomic E-state index is 0.220. The summed E-state index contributed by atoms with van der Waals surface area (Å²) < 4.78 is 4.78. The van der Waals surface area contributed by atoms with Gasteiger partial charge in [-0.25, -0.2) is 0 Å². The molecule has 0 saturated carbocycles. The van der Waals surface area contributed by atoms with E-state index in [0.29, 0.717) is 24.5 Å². The summed E-state index contributed by atoms with van der Waals surface area (Å²) in [5.41, 5.74) is 5.73. The quantitative estimate of drug-likeness (QED) is 0.727. The first-order valence-electron chi connectivity index (χ1n) is 4.55. The van der Waals surface area contributed by atoms with Gasteiger partial charge < -0.3 is 15.6 Å². The maximum atomic E-state index is 11.4. The number of rotatable bonds is 4. The second kappa shape index (κ2) is 4.76. The Balaban J connectivity index is 2.43. The van der Waals surface area contributed by atoms with Crippen molar-refractivity contribution in [1.29, 1.82) is 0 Å². The van der Waals surface area contributed by atoms with Gasteiger partial charge >= 0.3 is 0 Å². The number of aromatic nitrogens is 1. The molecule has 1 unspecified atom stereocenters.